The van der Waals surface area contributed by atoms with Crippen LogP contribution in [0.2, 0.25) is 0 Å². The minimum Gasteiger partial charge on any atom is -0.481 e. The number of carboxylic acid groups (broad SMARTS) is 1. The summed E-state index contributed by atoms with van der Waals surface area (Å²) in [7, 11) is 0. The van der Waals surface area contributed by atoms with Gasteiger partial charge in [0.15, 0.2) is 0 Å². The van der Waals surface area contributed by atoms with Crippen LogP contribution in [0.25, 0.3) is 0 Å². The lowest BCUT2D eigenvalue weighted by Crippen LogP contribution is -2.36. The minimum absolute atomic E-state index is 0.00491. The van der Waals surface area contributed by atoms with E-state index in [0.29, 0.717) is 6.54 Å². The number of rotatable bonds is 5. The van der Waals surface area contributed by atoms with Gasteiger partial charge in [0.25, 0.3) is 0 Å². The van der Waals surface area contributed by atoms with Crippen LogP contribution in [0.5, 0.6) is 0 Å². The standard InChI is InChI=1S/C11H19NO4/c1-11(2,10(14)15)6-9(13)12-7-8-4-3-5-16-8/h8H,3-7H2,1-2H3,(H,12,13)(H,14,15). The maximum absolute atomic E-state index is 11.5. The molecule has 1 amide bonds. The minimum atomic E-state index is -1.01. The van der Waals surface area contributed by atoms with Gasteiger partial charge in [0, 0.05) is 19.6 Å². The average Bonchev–Trinajstić information content (AvgIpc) is 2.66. The molecular formula is C11H19NO4. The predicted octanol–water partition coefficient (Wildman–Crippen LogP) is 0.782. The molecule has 1 unspecified atom stereocenters. The van der Waals surface area contributed by atoms with Gasteiger partial charge < -0.3 is 15.2 Å². The highest BCUT2D eigenvalue weighted by atomic mass is 16.5. The lowest BCUT2D eigenvalue weighted by molar-refractivity contribution is -0.149. The number of nitrogens with one attached hydrogen (secondary N) is 1. The molecule has 0 aliphatic carbocycles. The Labute approximate surface area is 95.2 Å². The Hall–Kier alpha value is -1.10. The van der Waals surface area contributed by atoms with Crippen molar-refractivity contribution in [3.05, 3.63) is 0 Å². The summed E-state index contributed by atoms with van der Waals surface area (Å²) in [5, 5.41) is 11.6. The van der Waals surface area contributed by atoms with Crippen molar-refractivity contribution in [2.75, 3.05) is 13.2 Å². The molecule has 0 spiro atoms. The van der Waals surface area contributed by atoms with Gasteiger partial charge in [-0.05, 0) is 26.7 Å². The van der Waals surface area contributed by atoms with Crippen LogP contribution >= 0.6 is 0 Å². The number of carboxylic acids is 1. The molecule has 0 aromatic carbocycles. The lowest BCUT2D eigenvalue weighted by Gasteiger charge is -2.19. The Kier molecular flexibility index (Phi) is 4.29. The van der Waals surface area contributed by atoms with Gasteiger partial charge >= 0.3 is 5.97 Å². The smallest absolute Gasteiger partial charge is 0.309 e. The van der Waals surface area contributed by atoms with Crippen molar-refractivity contribution in [3.63, 3.8) is 0 Å². The number of hydrogen-bond donors (Lipinski definition) is 2. The molecule has 1 saturated heterocycles. The van der Waals surface area contributed by atoms with Crippen molar-refractivity contribution in [2.24, 2.45) is 5.41 Å². The van der Waals surface area contributed by atoms with E-state index in [-0.39, 0.29) is 18.4 Å². The summed E-state index contributed by atoms with van der Waals surface area (Å²) in [5.74, 6) is -1.19. The highest BCUT2D eigenvalue weighted by molar-refractivity contribution is 5.84. The first-order valence-electron chi connectivity index (χ1n) is 5.53. The Morgan fingerprint density at radius 1 is 1.50 bits per heavy atom. The zero-order chi connectivity index (χ0) is 12.2. The average molecular weight is 229 g/mol. The molecule has 1 heterocycles. The molecule has 16 heavy (non-hydrogen) atoms. The summed E-state index contributed by atoms with van der Waals surface area (Å²) in [6.45, 7) is 4.32. The molecule has 92 valence electrons. The van der Waals surface area contributed by atoms with E-state index in [1.54, 1.807) is 13.8 Å². The zero-order valence-corrected chi connectivity index (χ0v) is 9.78. The van der Waals surface area contributed by atoms with Crippen LogP contribution in [0.15, 0.2) is 0 Å². The van der Waals surface area contributed by atoms with Crippen LogP contribution in [0.4, 0.5) is 0 Å². The van der Waals surface area contributed by atoms with Gasteiger partial charge in [-0.3, -0.25) is 9.59 Å². The molecule has 0 aromatic heterocycles. The molecule has 0 saturated carbocycles. The van der Waals surface area contributed by atoms with Crippen LogP contribution in [0.1, 0.15) is 33.1 Å². The maximum Gasteiger partial charge on any atom is 0.309 e. The molecule has 0 aromatic rings. The van der Waals surface area contributed by atoms with Crippen LogP contribution in [-0.4, -0.2) is 36.2 Å². The molecule has 0 bridgehead atoms. The third-order valence-corrected chi connectivity index (χ3v) is 2.73. The van der Waals surface area contributed by atoms with Crippen molar-refractivity contribution in [2.45, 2.75) is 39.2 Å². The van der Waals surface area contributed by atoms with Gasteiger partial charge in [0.05, 0.1) is 11.5 Å². The number of ether oxygens (including phenoxy) is 1. The fraction of sp³-hybridized carbons (Fsp3) is 0.818. The van der Waals surface area contributed by atoms with E-state index in [2.05, 4.69) is 5.32 Å². The first kappa shape index (κ1) is 13.0. The molecule has 1 fully saturated rings. The van der Waals surface area contributed by atoms with Crippen molar-refractivity contribution in [1.82, 2.24) is 5.32 Å². The normalized spacial score (nSPS) is 20.8. The number of hydrogen-bond acceptors (Lipinski definition) is 3. The number of carbonyl (C=O) groups is 2. The Morgan fingerprint density at radius 2 is 2.19 bits per heavy atom. The summed E-state index contributed by atoms with van der Waals surface area (Å²) in [4.78, 5) is 22.3. The first-order valence-corrected chi connectivity index (χ1v) is 5.53. The van der Waals surface area contributed by atoms with Gasteiger partial charge in [-0.25, -0.2) is 0 Å². The third-order valence-electron chi connectivity index (χ3n) is 2.73. The Morgan fingerprint density at radius 3 is 2.69 bits per heavy atom. The van der Waals surface area contributed by atoms with E-state index in [1.807, 2.05) is 0 Å². The second-order valence-electron chi connectivity index (χ2n) is 4.80. The number of carbonyl (C=O) groups excluding carboxylic acids is 1. The van der Waals surface area contributed by atoms with Crippen molar-refractivity contribution < 1.29 is 19.4 Å². The third kappa shape index (κ3) is 3.81. The zero-order valence-electron chi connectivity index (χ0n) is 9.78. The molecule has 1 rings (SSSR count). The second kappa shape index (κ2) is 5.30. The van der Waals surface area contributed by atoms with Crippen molar-refractivity contribution in [3.8, 4) is 0 Å². The number of aliphatic carboxylic acids is 1. The van der Waals surface area contributed by atoms with E-state index in [1.165, 1.54) is 0 Å². The quantitative estimate of drug-likeness (QED) is 0.730. The summed E-state index contributed by atoms with van der Waals surface area (Å²) in [6.07, 6.45) is 2.08. The monoisotopic (exact) mass is 229 g/mol. The molecule has 5 nitrogen and oxygen atoms in total. The predicted molar refractivity (Wildman–Crippen MR) is 58.0 cm³/mol. The van der Waals surface area contributed by atoms with Gasteiger partial charge in [-0.1, -0.05) is 0 Å². The van der Waals surface area contributed by atoms with E-state index in [0.717, 1.165) is 19.4 Å². The lowest BCUT2D eigenvalue weighted by atomic mass is 9.89. The van der Waals surface area contributed by atoms with E-state index < -0.39 is 11.4 Å². The van der Waals surface area contributed by atoms with Crippen LogP contribution in [0.3, 0.4) is 0 Å². The van der Waals surface area contributed by atoms with Gasteiger partial charge in [-0.2, -0.15) is 0 Å². The highest BCUT2D eigenvalue weighted by Gasteiger charge is 2.30. The van der Waals surface area contributed by atoms with Gasteiger partial charge in [0.2, 0.25) is 5.91 Å². The molecule has 5 heteroatoms. The summed E-state index contributed by atoms with van der Waals surface area (Å²) in [6, 6.07) is 0. The van der Waals surface area contributed by atoms with Crippen LogP contribution in [0, 0.1) is 5.41 Å². The van der Waals surface area contributed by atoms with Crippen LogP contribution in [-0.2, 0) is 14.3 Å². The second-order valence-corrected chi connectivity index (χ2v) is 4.80. The topological polar surface area (TPSA) is 75.6 Å². The van der Waals surface area contributed by atoms with E-state index in [4.69, 9.17) is 9.84 Å². The molecule has 2 N–H and O–H groups in total. The Bertz CT molecular complexity index is 269. The van der Waals surface area contributed by atoms with Gasteiger partial charge in [-0.15, -0.1) is 0 Å². The molecule has 1 aliphatic rings. The van der Waals surface area contributed by atoms with E-state index in [9.17, 15) is 9.59 Å². The highest BCUT2D eigenvalue weighted by Crippen LogP contribution is 2.20. The largest absolute Gasteiger partial charge is 0.481 e. The summed E-state index contributed by atoms with van der Waals surface area (Å²) >= 11 is 0. The molecule has 1 aliphatic heterocycles. The van der Waals surface area contributed by atoms with Crippen molar-refractivity contribution in [1.29, 1.82) is 0 Å². The molecule has 1 atom stereocenters. The molecular weight excluding hydrogens is 210 g/mol. The molecule has 0 radical (unpaired) electrons. The number of amides is 1. The van der Waals surface area contributed by atoms with Crippen molar-refractivity contribution >= 4 is 11.9 Å². The SMILES string of the molecule is CC(C)(CC(=O)NCC1CCCO1)C(=O)O. The van der Waals surface area contributed by atoms with Gasteiger partial charge in [0.1, 0.15) is 0 Å². The summed E-state index contributed by atoms with van der Waals surface area (Å²) in [5.41, 5.74) is -1.01. The first-order chi connectivity index (χ1) is 7.42. The summed E-state index contributed by atoms with van der Waals surface area (Å²) < 4.78 is 5.35. The fourth-order valence-corrected chi connectivity index (χ4v) is 1.57. The van der Waals surface area contributed by atoms with E-state index >= 15 is 0 Å². The Balaban J connectivity index is 2.27. The fourth-order valence-electron chi connectivity index (χ4n) is 1.57. The maximum atomic E-state index is 11.5. The van der Waals surface area contributed by atoms with Crippen LogP contribution < -0.4 is 5.32 Å².